The molecule has 0 aromatic heterocycles. The van der Waals surface area contributed by atoms with Crippen molar-refractivity contribution in [2.75, 3.05) is 19.8 Å². The van der Waals surface area contributed by atoms with Crippen LogP contribution in [0, 0.1) is 11.3 Å². The maximum absolute atomic E-state index is 12.3. The van der Waals surface area contributed by atoms with Crippen LogP contribution in [0.15, 0.2) is 48.5 Å². The Morgan fingerprint density at radius 1 is 1.04 bits per heavy atom. The van der Waals surface area contributed by atoms with Gasteiger partial charge in [0.15, 0.2) is 13.2 Å². The van der Waals surface area contributed by atoms with Crippen LogP contribution in [0.5, 0.6) is 5.75 Å². The molecule has 3 rings (SSSR count). The highest BCUT2D eigenvalue weighted by molar-refractivity contribution is 5.81. The first-order valence-electron chi connectivity index (χ1n) is 8.29. The number of fused-ring (bicyclic) bond motifs is 1. The van der Waals surface area contributed by atoms with Gasteiger partial charge < -0.3 is 14.4 Å². The second-order valence-electron chi connectivity index (χ2n) is 5.89. The van der Waals surface area contributed by atoms with E-state index >= 15 is 0 Å². The monoisotopic (exact) mass is 350 g/mol. The Labute approximate surface area is 151 Å². The van der Waals surface area contributed by atoms with Gasteiger partial charge in [-0.25, -0.2) is 4.79 Å². The fourth-order valence-corrected chi connectivity index (χ4v) is 2.81. The number of benzene rings is 2. The van der Waals surface area contributed by atoms with Gasteiger partial charge in [0, 0.05) is 13.1 Å². The molecule has 0 radical (unpaired) electrons. The standard InChI is InChI=1S/C20H18N2O4/c21-11-16-6-3-4-8-18(16)25-14-20(24)26-13-19(23)22-10-9-15-5-1-2-7-17(15)12-22/h1-8H,9-10,12-14H2. The molecule has 0 spiro atoms. The molecule has 1 amide bonds. The van der Waals surface area contributed by atoms with Crippen LogP contribution in [0.2, 0.25) is 0 Å². The Morgan fingerprint density at radius 3 is 2.58 bits per heavy atom. The van der Waals surface area contributed by atoms with Gasteiger partial charge >= 0.3 is 5.97 Å². The lowest BCUT2D eigenvalue weighted by atomic mass is 10.00. The summed E-state index contributed by atoms with van der Waals surface area (Å²) in [5.41, 5.74) is 2.70. The molecule has 0 fully saturated rings. The summed E-state index contributed by atoms with van der Waals surface area (Å²) >= 11 is 0. The van der Waals surface area contributed by atoms with E-state index in [4.69, 9.17) is 14.7 Å². The van der Waals surface area contributed by atoms with Crippen molar-refractivity contribution in [1.82, 2.24) is 4.90 Å². The van der Waals surface area contributed by atoms with Gasteiger partial charge in [0.25, 0.3) is 5.91 Å². The predicted octanol–water partition coefficient (Wildman–Crippen LogP) is 2.07. The van der Waals surface area contributed by atoms with Gasteiger partial charge in [-0.2, -0.15) is 5.26 Å². The van der Waals surface area contributed by atoms with Crippen molar-refractivity contribution in [3.05, 3.63) is 65.2 Å². The number of nitriles is 1. The zero-order valence-corrected chi connectivity index (χ0v) is 14.2. The molecule has 0 saturated carbocycles. The summed E-state index contributed by atoms with van der Waals surface area (Å²) in [6.45, 7) is 0.469. The molecule has 0 saturated heterocycles. The highest BCUT2D eigenvalue weighted by atomic mass is 16.6. The first kappa shape index (κ1) is 17.5. The topological polar surface area (TPSA) is 79.6 Å². The number of hydrogen-bond acceptors (Lipinski definition) is 5. The second kappa shape index (κ2) is 8.17. The normalized spacial score (nSPS) is 12.7. The third-order valence-corrected chi connectivity index (χ3v) is 4.19. The van der Waals surface area contributed by atoms with E-state index in [0.29, 0.717) is 24.4 Å². The number of nitrogens with zero attached hydrogens (tertiary/aromatic N) is 2. The Kier molecular flexibility index (Phi) is 5.49. The molecule has 2 aromatic carbocycles. The average Bonchev–Trinajstić information content (AvgIpc) is 2.70. The van der Waals surface area contributed by atoms with E-state index in [9.17, 15) is 9.59 Å². The third-order valence-electron chi connectivity index (χ3n) is 4.19. The zero-order valence-electron chi connectivity index (χ0n) is 14.2. The summed E-state index contributed by atoms with van der Waals surface area (Å²) in [6.07, 6.45) is 0.796. The molecule has 0 atom stereocenters. The Morgan fingerprint density at radius 2 is 1.77 bits per heavy atom. The summed E-state index contributed by atoms with van der Waals surface area (Å²) < 4.78 is 10.3. The first-order valence-corrected chi connectivity index (χ1v) is 8.29. The predicted molar refractivity (Wildman–Crippen MR) is 93.2 cm³/mol. The van der Waals surface area contributed by atoms with Gasteiger partial charge in [-0.15, -0.1) is 0 Å². The number of rotatable bonds is 5. The van der Waals surface area contributed by atoms with E-state index in [2.05, 4.69) is 6.07 Å². The van der Waals surface area contributed by atoms with E-state index in [1.807, 2.05) is 24.3 Å². The van der Waals surface area contributed by atoms with Gasteiger partial charge in [-0.1, -0.05) is 36.4 Å². The lowest BCUT2D eigenvalue weighted by molar-refractivity contribution is -0.154. The molecule has 26 heavy (non-hydrogen) atoms. The minimum atomic E-state index is -0.650. The molecule has 2 aromatic rings. The van der Waals surface area contributed by atoms with Crippen LogP contribution in [0.25, 0.3) is 0 Å². The van der Waals surface area contributed by atoms with Gasteiger partial charge in [0.2, 0.25) is 0 Å². The van der Waals surface area contributed by atoms with Crippen molar-refractivity contribution in [3.8, 4) is 11.8 Å². The fourth-order valence-electron chi connectivity index (χ4n) is 2.81. The molecule has 6 heteroatoms. The first-order chi connectivity index (χ1) is 12.7. The van der Waals surface area contributed by atoms with Crippen molar-refractivity contribution in [2.24, 2.45) is 0 Å². The molecule has 132 valence electrons. The number of hydrogen-bond donors (Lipinski definition) is 0. The van der Waals surface area contributed by atoms with Crippen LogP contribution in [-0.2, 0) is 27.3 Å². The summed E-state index contributed by atoms with van der Waals surface area (Å²) in [4.78, 5) is 25.7. The summed E-state index contributed by atoms with van der Waals surface area (Å²) in [5.74, 6) is -0.570. The Hall–Kier alpha value is -3.33. The van der Waals surface area contributed by atoms with E-state index in [1.165, 1.54) is 5.56 Å². The number of para-hydroxylation sites is 1. The van der Waals surface area contributed by atoms with Gasteiger partial charge in [-0.3, -0.25) is 4.79 Å². The lowest BCUT2D eigenvalue weighted by Gasteiger charge is -2.28. The van der Waals surface area contributed by atoms with Crippen molar-refractivity contribution >= 4 is 11.9 Å². The van der Waals surface area contributed by atoms with Gasteiger partial charge in [-0.05, 0) is 29.7 Å². The van der Waals surface area contributed by atoms with Crippen molar-refractivity contribution in [1.29, 1.82) is 5.26 Å². The number of esters is 1. The molecule has 0 N–H and O–H groups in total. The molecular formula is C20H18N2O4. The number of amides is 1. The zero-order chi connectivity index (χ0) is 18.4. The third kappa shape index (κ3) is 4.19. The van der Waals surface area contributed by atoms with Crippen LogP contribution in [0.1, 0.15) is 16.7 Å². The van der Waals surface area contributed by atoms with Crippen LogP contribution in [0.4, 0.5) is 0 Å². The SMILES string of the molecule is N#Cc1ccccc1OCC(=O)OCC(=O)N1CCc2ccccc2C1. The Balaban J connectivity index is 1.46. The number of carbonyl (C=O) groups is 2. The van der Waals surface area contributed by atoms with Crippen LogP contribution < -0.4 is 4.74 Å². The van der Waals surface area contributed by atoms with Crippen LogP contribution in [-0.4, -0.2) is 36.5 Å². The molecule has 6 nitrogen and oxygen atoms in total. The average molecular weight is 350 g/mol. The highest BCUT2D eigenvalue weighted by Crippen LogP contribution is 2.19. The highest BCUT2D eigenvalue weighted by Gasteiger charge is 2.21. The van der Waals surface area contributed by atoms with Gasteiger partial charge in [0.1, 0.15) is 11.8 Å². The smallest absolute Gasteiger partial charge is 0.344 e. The summed E-state index contributed by atoms with van der Waals surface area (Å²) in [5, 5.41) is 8.98. The lowest BCUT2D eigenvalue weighted by Crippen LogP contribution is -2.38. The largest absolute Gasteiger partial charge is 0.481 e. The van der Waals surface area contributed by atoms with E-state index in [1.54, 1.807) is 29.2 Å². The minimum absolute atomic E-state index is 0.231. The van der Waals surface area contributed by atoms with E-state index in [-0.39, 0.29) is 19.1 Å². The maximum atomic E-state index is 12.3. The molecule has 1 aliphatic rings. The minimum Gasteiger partial charge on any atom is -0.481 e. The molecular weight excluding hydrogens is 332 g/mol. The van der Waals surface area contributed by atoms with E-state index in [0.717, 1.165) is 12.0 Å². The summed E-state index contributed by atoms with van der Waals surface area (Å²) in [6, 6.07) is 16.6. The van der Waals surface area contributed by atoms with Crippen molar-refractivity contribution in [2.45, 2.75) is 13.0 Å². The molecule has 1 heterocycles. The van der Waals surface area contributed by atoms with Crippen LogP contribution in [0.3, 0.4) is 0 Å². The quantitative estimate of drug-likeness (QED) is 0.771. The molecule has 0 aliphatic carbocycles. The Bertz CT molecular complexity index is 857. The molecule has 0 bridgehead atoms. The molecule has 0 unspecified atom stereocenters. The number of ether oxygens (including phenoxy) is 2. The molecule has 1 aliphatic heterocycles. The van der Waals surface area contributed by atoms with Crippen molar-refractivity contribution in [3.63, 3.8) is 0 Å². The van der Waals surface area contributed by atoms with Crippen molar-refractivity contribution < 1.29 is 19.1 Å². The fraction of sp³-hybridized carbons (Fsp3) is 0.250. The summed E-state index contributed by atoms with van der Waals surface area (Å²) in [7, 11) is 0. The van der Waals surface area contributed by atoms with E-state index < -0.39 is 5.97 Å². The second-order valence-corrected chi connectivity index (χ2v) is 5.89. The maximum Gasteiger partial charge on any atom is 0.344 e. The number of carbonyl (C=O) groups excluding carboxylic acids is 2. The van der Waals surface area contributed by atoms with Crippen LogP contribution >= 0.6 is 0 Å². The van der Waals surface area contributed by atoms with Gasteiger partial charge in [0.05, 0.1) is 5.56 Å².